The van der Waals surface area contributed by atoms with Gasteiger partial charge in [0.1, 0.15) is 5.75 Å². The second-order valence-corrected chi connectivity index (χ2v) is 8.09. The Bertz CT molecular complexity index is 938. The minimum atomic E-state index is -0.664. The fraction of sp³-hybridized carbons (Fsp3) is 0.263. The van der Waals surface area contributed by atoms with Crippen LogP contribution in [0, 0.1) is 13.7 Å². The van der Waals surface area contributed by atoms with Gasteiger partial charge in [-0.3, -0.25) is 10.1 Å². The molecule has 1 spiro atoms. The first-order valence-electron chi connectivity index (χ1n) is 7.97. The monoisotopic (exact) mass is 448 g/mol. The summed E-state index contributed by atoms with van der Waals surface area (Å²) in [5, 5.41) is 11.2. The molecule has 128 valence electrons. The minimum Gasteiger partial charge on any atom is -0.463 e. The lowest BCUT2D eigenvalue weighted by Crippen LogP contribution is -2.58. The molecule has 2 aliphatic heterocycles. The lowest BCUT2D eigenvalue weighted by molar-refractivity contribution is -0.385. The van der Waals surface area contributed by atoms with E-state index in [9.17, 15) is 10.1 Å². The summed E-state index contributed by atoms with van der Waals surface area (Å²) in [6.07, 6.45) is 3.96. The third kappa shape index (κ3) is 2.06. The van der Waals surface area contributed by atoms with Crippen LogP contribution >= 0.6 is 22.6 Å². The van der Waals surface area contributed by atoms with Crippen LogP contribution in [-0.4, -0.2) is 17.7 Å². The van der Waals surface area contributed by atoms with E-state index >= 15 is 0 Å². The Morgan fingerprint density at radius 3 is 2.64 bits per heavy atom. The summed E-state index contributed by atoms with van der Waals surface area (Å²) >= 11 is 1.99. The van der Waals surface area contributed by atoms with Gasteiger partial charge in [0, 0.05) is 30.4 Å². The highest BCUT2D eigenvalue weighted by Gasteiger charge is 2.57. The number of hydrogen-bond acceptors (Lipinski definition) is 4. The lowest BCUT2D eigenvalue weighted by Gasteiger charge is -2.45. The Kier molecular flexibility index (Phi) is 3.41. The zero-order valence-electron chi connectivity index (χ0n) is 14.1. The number of ether oxygens (including phenoxy) is 1. The first-order valence-corrected chi connectivity index (χ1v) is 9.05. The molecule has 25 heavy (non-hydrogen) atoms. The van der Waals surface area contributed by atoms with Crippen LogP contribution in [0.2, 0.25) is 0 Å². The molecule has 0 N–H and O–H groups in total. The van der Waals surface area contributed by atoms with E-state index in [1.165, 1.54) is 5.56 Å². The maximum absolute atomic E-state index is 11.2. The molecule has 0 bridgehead atoms. The smallest absolute Gasteiger partial charge is 0.283 e. The summed E-state index contributed by atoms with van der Waals surface area (Å²) in [6, 6.07) is 11.6. The summed E-state index contributed by atoms with van der Waals surface area (Å²) < 4.78 is 7.09. The number of nitrogens with zero attached hydrogens (tertiary/aromatic N) is 2. The normalized spacial score (nSPS) is 22.5. The first-order chi connectivity index (χ1) is 11.8. The standard InChI is InChI=1S/C19H17IN2O3/c1-18(2)13-6-4-5-7-15(13)21(3)19(18)9-8-12-10-16(22(23)24)14(20)11-17(12)25-19/h4-11H,1-3H3. The average molecular weight is 448 g/mol. The highest BCUT2D eigenvalue weighted by molar-refractivity contribution is 14.1. The van der Waals surface area contributed by atoms with Gasteiger partial charge in [-0.15, -0.1) is 0 Å². The van der Waals surface area contributed by atoms with E-state index in [1.54, 1.807) is 12.1 Å². The van der Waals surface area contributed by atoms with Crippen molar-refractivity contribution in [1.82, 2.24) is 0 Å². The van der Waals surface area contributed by atoms with E-state index < -0.39 is 5.72 Å². The molecule has 2 aromatic rings. The van der Waals surface area contributed by atoms with Crippen LogP contribution in [0.4, 0.5) is 11.4 Å². The number of anilines is 1. The van der Waals surface area contributed by atoms with E-state index in [1.807, 2.05) is 53.9 Å². The fourth-order valence-corrected chi connectivity index (χ4v) is 4.56. The number of likely N-dealkylation sites (N-methyl/N-ethyl adjacent to an activating group) is 1. The number of halogens is 1. The Morgan fingerprint density at radius 1 is 1.24 bits per heavy atom. The Hall–Kier alpha value is -2.09. The van der Waals surface area contributed by atoms with Crippen molar-refractivity contribution in [2.75, 3.05) is 11.9 Å². The maximum Gasteiger partial charge on any atom is 0.283 e. The predicted molar refractivity (Wildman–Crippen MR) is 106 cm³/mol. The van der Waals surface area contributed by atoms with Crippen LogP contribution in [-0.2, 0) is 5.41 Å². The van der Waals surface area contributed by atoms with Gasteiger partial charge in [0.15, 0.2) is 0 Å². The highest BCUT2D eigenvalue weighted by Crippen LogP contribution is 2.54. The SMILES string of the molecule is CN1c2ccccc2C(C)(C)C12C=Cc1cc([N+](=O)[O-])c(I)cc1O2. The second kappa shape index (κ2) is 5.20. The molecule has 0 saturated carbocycles. The molecule has 6 heteroatoms. The van der Waals surface area contributed by atoms with Crippen molar-refractivity contribution in [3.8, 4) is 5.75 Å². The minimum absolute atomic E-state index is 0.103. The van der Waals surface area contributed by atoms with Gasteiger partial charge >= 0.3 is 0 Å². The molecular formula is C19H17IN2O3. The molecule has 2 aromatic carbocycles. The molecule has 0 amide bonds. The molecular weight excluding hydrogens is 431 g/mol. The number of hydrogen-bond donors (Lipinski definition) is 0. The zero-order valence-corrected chi connectivity index (χ0v) is 16.3. The number of nitro benzene ring substituents is 1. The van der Waals surface area contributed by atoms with Crippen LogP contribution in [0.25, 0.3) is 6.08 Å². The topological polar surface area (TPSA) is 55.6 Å². The second-order valence-electron chi connectivity index (χ2n) is 6.93. The van der Waals surface area contributed by atoms with Crippen molar-refractivity contribution in [3.63, 3.8) is 0 Å². The fourth-order valence-electron chi connectivity index (χ4n) is 3.92. The average Bonchev–Trinajstić information content (AvgIpc) is 2.73. The van der Waals surface area contributed by atoms with Crippen LogP contribution < -0.4 is 9.64 Å². The van der Waals surface area contributed by atoms with Crippen molar-refractivity contribution in [3.05, 3.63) is 67.3 Å². The summed E-state index contributed by atoms with van der Waals surface area (Å²) in [5.74, 6) is 0.672. The van der Waals surface area contributed by atoms with E-state index in [4.69, 9.17) is 4.74 Å². The van der Waals surface area contributed by atoms with Crippen LogP contribution in [0.15, 0.2) is 42.5 Å². The van der Waals surface area contributed by atoms with Gasteiger partial charge < -0.3 is 9.64 Å². The van der Waals surface area contributed by atoms with Gasteiger partial charge in [0.05, 0.1) is 13.9 Å². The van der Waals surface area contributed by atoms with Gasteiger partial charge in [-0.2, -0.15) is 0 Å². The van der Waals surface area contributed by atoms with Gasteiger partial charge in [0.25, 0.3) is 5.69 Å². The molecule has 2 heterocycles. The molecule has 0 aliphatic carbocycles. The molecule has 2 aliphatic rings. The molecule has 0 radical (unpaired) electrons. The molecule has 0 saturated heterocycles. The van der Waals surface area contributed by atoms with Gasteiger partial charge in [-0.25, -0.2) is 0 Å². The van der Waals surface area contributed by atoms with Gasteiger partial charge in [0.2, 0.25) is 5.72 Å². The summed E-state index contributed by atoms with van der Waals surface area (Å²) in [4.78, 5) is 13.0. The van der Waals surface area contributed by atoms with E-state index in [2.05, 4.69) is 30.9 Å². The van der Waals surface area contributed by atoms with Crippen LogP contribution in [0.5, 0.6) is 5.75 Å². The van der Waals surface area contributed by atoms with Crippen LogP contribution in [0.3, 0.4) is 0 Å². The maximum atomic E-state index is 11.2. The molecule has 0 fully saturated rings. The highest BCUT2D eigenvalue weighted by atomic mass is 127. The number of para-hydroxylation sites is 1. The number of rotatable bonds is 1. The molecule has 1 atom stereocenters. The predicted octanol–water partition coefficient (Wildman–Crippen LogP) is 4.73. The molecule has 0 aromatic heterocycles. The third-order valence-corrected chi connectivity index (χ3v) is 6.23. The van der Waals surface area contributed by atoms with E-state index in [0.717, 1.165) is 11.3 Å². The number of nitro groups is 1. The van der Waals surface area contributed by atoms with E-state index in [-0.39, 0.29) is 16.0 Å². The summed E-state index contributed by atoms with van der Waals surface area (Å²) in [6.45, 7) is 4.34. The molecule has 4 rings (SSSR count). The lowest BCUT2D eigenvalue weighted by atomic mass is 9.76. The van der Waals surface area contributed by atoms with Crippen molar-refractivity contribution in [1.29, 1.82) is 0 Å². The van der Waals surface area contributed by atoms with Crippen molar-refractivity contribution >= 4 is 40.0 Å². The summed E-state index contributed by atoms with van der Waals surface area (Å²) in [5.41, 5.74) is 2.26. The molecule has 1 unspecified atom stereocenters. The number of benzene rings is 2. The third-order valence-electron chi connectivity index (χ3n) is 5.36. The Balaban J connectivity index is 1.87. The van der Waals surface area contributed by atoms with Crippen LogP contribution in [0.1, 0.15) is 25.0 Å². The van der Waals surface area contributed by atoms with Crippen molar-refractivity contribution in [2.45, 2.75) is 25.0 Å². The quantitative estimate of drug-likeness (QED) is 0.360. The molecule has 5 nitrogen and oxygen atoms in total. The first kappa shape index (κ1) is 16.4. The van der Waals surface area contributed by atoms with E-state index in [0.29, 0.717) is 9.32 Å². The van der Waals surface area contributed by atoms with Crippen molar-refractivity contribution in [2.24, 2.45) is 0 Å². The number of fused-ring (bicyclic) bond motifs is 2. The Morgan fingerprint density at radius 2 is 1.96 bits per heavy atom. The van der Waals surface area contributed by atoms with Gasteiger partial charge in [-0.1, -0.05) is 18.2 Å². The Labute approximate surface area is 159 Å². The van der Waals surface area contributed by atoms with Crippen molar-refractivity contribution < 1.29 is 9.66 Å². The zero-order chi connectivity index (χ0) is 18.0. The summed E-state index contributed by atoms with van der Waals surface area (Å²) in [7, 11) is 2.03. The van der Waals surface area contributed by atoms with Gasteiger partial charge in [-0.05, 0) is 60.2 Å². The largest absolute Gasteiger partial charge is 0.463 e.